The maximum absolute atomic E-state index is 14.0. The van der Waals surface area contributed by atoms with Gasteiger partial charge in [0.25, 0.3) is 5.91 Å². The molecule has 0 spiro atoms. The zero-order chi connectivity index (χ0) is 29.1. The topological polar surface area (TPSA) is 80.1 Å². The number of methoxy groups -OCH3 is 1. The third-order valence-electron chi connectivity index (χ3n) is 7.63. The van der Waals surface area contributed by atoms with Gasteiger partial charge in [0.05, 0.1) is 30.3 Å². The molecule has 3 heterocycles. The third kappa shape index (κ3) is 6.62. The van der Waals surface area contributed by atoms with Crippen LogP contribution in [0.4, 0.5) is 10.5 Å². The summed E-state index contributed by atoms with van der Waals surface area (Å²) in [6, 6.07) is 15.5. The monoisotopic (exact) mass is 579 g/mol. The number of nitrogens with zero attached hydrogens (tertiary/aromatic N) is 5. The lowest BCUT2D eigenvalue weighted by atomic mass is 9.90. The number of hydrogen-bond acceptors (Lipinski definition) is 6. The first-order chi connectivity index (χ1) is 19.6. The van der Waals surface area contributed by atoms with Crippen LogP contribution in [-0.2, 0) is 4.74 Å². The Balaban J connectivity index is 1.35. The number of aromatic nitrogens is 2. The second-order valence-corrected chi connectivity index (χ2v) is 12.0. The molecule has 2 amide bonds. The Morgan fingerprint density at radius 2 is 1.59 bits per heavy atom. The summed E-state index contributed by atoms with van der Waals surface area (Å²) >= 11 is 6.16. The molecule has 0 bridgehead atoms. The highest BCUT2D eigenvalue weighted by atomic mass is 35.5. The number of piperidine rings is 1. The first kappa shape index (κ1) is 28.8. The SMILES string of the molecule is COc1cccc(N2CCN(C(=O)c3cnn(-c4ccc(Cl)cc4)c3C3CCN(C(=O)OC(C)(C)C)CC3)CC2)c1. The lowest BCUT2D eigenvalue weighted by molar-refractivity contribution is 0.0203. The van der Waals surface area contributed by atoms with E-state index in [1.54, 1.807) is 18.2 Å². The molecule has 10 heteroatoms. The van der Waals surface area contributed by atoms with Crippen LogP contribution in [0.3, 0.4) is 0 Å². The number of hydrogen-bond donors (Lipinski definition) is 0. The van der Waals surface area contributed by atoms with Gasteiger partial charge in [-0.1, -0.05) is 17.7 Å². The summed E-state index contributed by atoms with van der Waals surface area (Å²) in [6.07, 6.45) is 2.82. The van der Waals surface area contributed by atoms with E-state index in [1.807, 2.05) is 72.8 Å². The van der Waals surface area contributed by atoms with Crippen molar-refractivity contribution in [1.29, 1.82) is 0 Å². The molecule has 0 radical (unpaired) electrons. The van der Waals surface area contributed by atoms with Gasteiger partial charge in [0.1, 0.15) is 11.4 Å². The standard InChI is InChI=1S/C31H38ClN5O4/c1-31(2,3)41-30(39)36-14-12-22(13-15-36)28-27(21-33-37(28)24-10-8-23(32)9-11-24)29(38)35-18-16-34(17-19-35)25-6-5-7-26(20-25)40-4/h5-11,20-22H,12-19H2,1-4H3. The molecule has 5 rings (SSSR count). The molecule has 3 aromatic rings. The van der Waals surface area contributed by atoms with Crippen LogP contribution < -0.4 is 9.64 Å². The van der Waals surface area contributed by atoms with Crippen molar-refractivity contribution in [3.63, 3.8) is 0 Å². The molecule has 218 valence electrons. The van der Waals surface area contributed by atoms with Crippen molar-refractivity contribution in [3.8, 4) is 11.4 Å². The first-order valence-corrected chi connectivity index (χ1v) is 14.5. The molecule has 2 aliphatic rings. The molecule has 2 aromatic carbocycles. The Morgan fingerprint density at radius 3 is 2.22 bits per heavy atom. The number of ether oxygens (including phenoxy) is 2. The smallest absolute Gasteiger partial charge is 0.410 e. The Kier molecular flexibility index (Phi) is 8.45. The van der Waals surface area contributed by atoms with Crippen LogP contribution in [-0.4, -0.2) is 83.6 Å². The molecule has 0 aliphatic carbocycles. The van der Waals surface area contributed by atoms with Crippen molar-refractivity contribution < 1.29 is 19.1 Å². The summed E-state index contributed by atoms with van der Waals surface area (Å²) in [4.78, 5) is 32.6. The van der Waals surface area contributed by atoms with E-state index in [4.69, 9.17) is 21.1 Å². The number of rotatable bonds is 5. The van der Waals surface area contributed by atoms with E-state index >= 15 is 0 Å². The molecule has 9 nitrogen and oxygen atoms in total. The van der Waals surface area contributed by atoms with E-state index in [0.717, 1.165) is 35.9 Å². The van der Waals surface area contributed by atoms with Crippen molar-refractivity contribution >= 4 is 29.3 Å². The van der Waals surface area contributed by atoms with Gasteiger partial charge >= 0.3 is 6.09 Å². The Labute approximate surface area is 246 Å². The van der Waals surface area contributed by atoms with E-state index < -0.39 is 5.60 Å². The lowest BCUT2D eigenvalue weighted by Gasteiger charge is -2.37. The molecule has 2 fully saturated rings. The number of amides is 2. The lowest BCUT2D eigenvalue weighted by Crippen LogP contribution is -2.49. The second-order valence-electron chi connectivity index (χ2n) is 11.6. The summed E-state index contributed by atoms with van der Waals surface area (Å²) in [5, 5.41) is 5.33. The molecule has 41 heavy (non-hydrogen) atoms. The number of likely N-dealkylation sites (tertiary alicyclic amines) is 1. The van der Waals surface area contributed by atoms with Gasteiger partial charge in [-0.3, -0.25) is 4.79 Å². The summed E-state index contributed by atoms with van der Waals surface area (Å²) < 4.78 is 12.8. The number of carbonyl (C=O) groups excluding carboxylic acids is 2. The Bertz CT molecular complexity index is 1370. The van der Waals surface area contributed by atoms with E-state index in [-0.39, 0.29) is 17.9 Å². The molecule has 0 atom stereocenters. The van der Waals surface area contributed by atoms with Gasteiger partial charge in [-0.15, -0.1) is 0 Å². The van der Waals surface area contributed by atoms with Crippen molar-refractivity contribution in [1.82, 2.24) is 19.6 Å². The fourth-order valence-corrected chi connectivity index (χ4v) is 5.64. The maximum atomic E-state index is 14.0. The normalized spacial score (nSPS) is 16.6. The van der Waals surface area contributed by atoms with E-state index in [2.05, 4.69) is 16.1 Å². The van der Waals surface area contributed by atoms with Crippen LogP contribution in [0.1, 0.15) is 55.6 Å². The average molecular weight is 580 g/mol. The van der Waals surface area contributed by atoms with E-state index in [9.17, 15) is 9.59 Å². The minimum atomic E-state index is -0.544. The molecule has 2 aliphatic heterocycles. The Hall–Kier alpha value is -3.72. The van der Waals surface area contributed by atoms with Gasteiger partial charge in [0, 0.05) is 62.0 Å². The summed E-state index contributed by atoms with van der Waals surface area (Å²) in [7, 11) is 1.67. The van der Waals surface area contributed by atoms with Crippen LogP contribution in [0.25, 0.3) is 5.69 Å². The number of halogens is 1. The fourth-order valence-electron chi connectivity index (χ4n) is 5.51. The predicted molar refractivity (Wildman–Crippen MR) is 159 cm³/mol. The van der Waals surface area contributed by atoms with Crippen molar-refractivity contribution in [3.05, 3.63) is 71.0 Å². The van der Waals surface area contributed by atoms with Crippen LogP contribution in [0.15, 0.2) is 54.7 Å². The predicted octanol–water partition coefficient (Wildman–Crippen LogP) is 5.61. The molecule has 0 N–H and O–H groups in total. The third-order valence-corrected chi connectivity index (χ3v) is 7.88. The highest BCUT2D eigenvalue weighted by molar-refractivity contribution is 6.30. The quantitative estimate of drug-likeness (QED) is 0.391. The number of anilines is 1. The number of carbonyl (C=O) groups is 2. The largest absolute Gasteiger partial charge is 0.497 e. The van der Waals surface area contributed by atoms with Crippen LogP contribution in [0.5, 0.6) is 5.75 Å². The first-order valence-electron chi connectivity index (χ1n) is 14.1. The zero-order valence-corrected chi connectivity index (χ0v) is 24.9. The average Bonchev–Trinajstić information content (AvgIpc) is 3.41. The van der Waals surface area contributed by atoms with Gasteiger partial charge in [0.15, 0.2) is 0 Å². The van der Waals surface area contributed by atoms with Gasteiger partial charge in [-0.2, -0.15) is 5.10 Å². The van der Waals surface area contributed by atoms with Crippen LogP contribution >= 0.6 is 11.6 Å². The molecule has 0 unspecified atom stereocenters. The van der Waals surface area contributed by atoms with Crippen molar-refractivity contribution in [2.75, 3.05) is 51.3 Å². The van der Waals surface area contributed by atoms with Gasteiger partial charge in [-0.05, 0) is 70.0 Å². The summed E-state index contributed by atoms with van der Waals surface area (Å²) in [5.74, 6) is 0.863. The molecular weight excluding hydrogens is 542 g/mol. The van der Waals surface area contributed by atoms with Gasteiger partial charge < -0.3 is 24.2 Å². The van der Waals surface area contributed by atoms with Gasteiger partial charge in [-0.25, -0.2) is 9.48 Å². The zero-order valence-electron chi connectivity index (χ0n) is 24.2. The maximum Gasteiger partial charge on any atom is 0.410 e. The van der Waals surface area contributed by atoms with Crippen molar-refractivity contribution in [2.45, 2.75) is 45.1 Å². The van der Waals surface area contributed by atoms with E-state index in [1.165, 1.54) is 0 Å². The molecule has 0 saturated carbocycles. The van der Waals surface area contributed by atoms with Crippen LogP contribution in [0, 0.1) is 0 Å². The highest BCUT2D eigenvalue weighted by Gasteiger charge is 2.34. The minimum Gasteiger partial charge on any atom is -0.497 e. The molecule has 2 saturated heterocycles. The van der Waals surface area contributed by atoms with Gasteiger partial charge in [0.2, 0.25) is 0 Å². The van der Waals surface area contributed by atoms with Crippen molar-refractivity contribution in [2.24, 2.45) is 0 Å². The number of piperazine rings is 1. The summed E-state index contributed by atoms with van der Waals surface area (Å²) in [6.45, 7) is 9.40. The number of benzene rings is 2. The highest BCUT2D eigenvalue weighted by Crippen LogP contribution is 2.34. The molecule has 1 aromatic heterocycles. The Morgan fingerprint density at radius 1 is 0.902 bits per heavy atom. The molecular formula is C31H38ClN5O4. The summed E-state index contributed by atoms with van der Waals surface area (Å²) in [5.41, 5.74) is 2.89. The minimum absolute atomic E-state index is 0.0138. The van der Waals surface area contributed by atoms with Crippen LogP contribution in [0.2, 0.25) is 5.02 Å². The second kappa shape index (κ2) is 12.0. The van der Waals surface area contributed by atoms with E-state index in [0.29, 0.717) is 49.6 Å². The fraction of sp³-hybridized carbons (Fsp3) is 0.452.